The molecular weight excluding hydrogens is 254 g/mol. The molecule has 0 bridgehead atoms. The van der Waals surface area contributed by atoms with Crippen molar-refractivity contribution in [2.75, 3.05) is 11.5 Å². The SMILES string of the molecule is CCOC(=O)C(=O)N(c1ccccc1)c1ccccc1. The van der Waals surface area contributed by atoms with Gasteiger partial charge in [-0.2, -0.15) is 0 Å². The van der Waals surface area contributed by atoms with Crippen LogP contribution in [0.3, 0.4) is 0 Å². The molecule has 0 aliphatic rings. The molecule has 0 fully saturated rings. The van der Waals surface area contributed by atoms with Crippen molar-refractivity contribution in [3.63, 3.8) is 0 Å². The number of para-hydroxylation sites is 2. The minimum atomic E-state index is -0.861. The van der Waals surface area contributed by atoms with Crippen molar-refractivity contribution in [3.8, 4) is 0 Å². The second kappa shape index (κ2) is 6.52. The van der Waals surface area contributed by atoms with Crippen LogP contribution in [0.2, 0.25) is 0 Å². The highest BCUT2D eigenvalue weighted by Crippen LogP contribution is 2.25. The monoisotopic (exact) mass is 269 g/mol. The van der Waals surface area contributed by atoms with Gasteiger partial charge in [0.2, 0.25) is 0 Å². The molecule has 0 aliphatic carbocycles. The predicted octanol–water partition coefficient (Wildman–Crippen LogP) is 2.91. The van der Waals surface area contributed by atoms with Crippen LogP contribution in [0.5, 0.6) is 0 Å². The van der Waals surface area contributed by atoms with Crippen LogP contribution in [-0.4, -0.2) is 18.5 Å². The van der Waals surface area contributed by atoms with Crippen LogP contribution in [0.4, 0.5) is 11.4 Å². The fourth-order valence-corrected chi connectivity index (χ4v) is 1.82. The second-order valence-corrected chi connectivity index (χ2v) is 4.03. The van der Waals surface area contributed by atoms with Gasteiger partial charge in [0.1, 0.15) is 0 Å². The minimum absolute atomic E-state index is 0.169. The molecular formula is C16H15NO3. The zero-order valence-electron chi connectivity index (χ0n) is 11.2. The van der Waals surface area contributed by atoms with E-state index in [1.54, 1.807) is 31.2 Å². The highest BCUT2D eigenvalue weighted by atomic mass is 16.5. The largest absolute Gasteiger partial charge is 0.459 e. The summed E-state index contributed by atoms with van der Waals surface area (Å²) in [5.74, 6) is -1.57. The van der Waals surface area contributed by atoms with Gasteiger partial charge < -0.3 is 4.74 Å². The quantitative estimate of drug-likeness (QED) is 0.635. The molecule has 0 N–H and O–H groups in total. The Hall–Kier alpha value is -2.62. The van der Waals surface area contributed by atoms with Crippen LogP contribution >= 0.6 is 0 Å². The number of benzene rings is 2. The van der Waals surface area contributed by atoms with Gasteiger partial charge in [0, 0.05) is 11.4 Å². The molecule has 102 valence electrons. The summed E-state index contributed by atoms with van der Waals surface area (Å²) < 4.78 is 4.80. The van der Waals surface area contributed by atoms with Gasteiger partial charge in [0.25, 0.3) is 0 Å². The molecule has 0 atom stereocenters. The van der Waals surface area contributed by atoms with Gasteiger partial charge in [-0.25, -0.2) is 4.79 Å². The van der Waals surface area contributed by atoms with E-state index in [-0.39, 0.29) is 6.61 Å². The maximum atomic E-state index is 12.3. The fourth-order valence-electron chi connectivity index (χ4n) is 1.82. The number of esters is 1. The number of anilines is 2. The lowest BCUT2D eigenvalue weighted by molar-refractivity contribution is -0.152. The van der Waals surface area contributed by atoms with E-state index in [2.05, 4.69) is 0 Å². The van der Waals surface area contributed by atoms with E-state index >= 15 is 0 Å². The number of amides is 1. The molecule has 2 rings (SSSR count). The van der Waals surface area contributed by atoms with Crippen LogP contribution in [0.1, 0.15) is 6.92 Å². The van der Waals surface area contributed by atoms with E-state index < -0.39 is 11.9 Å². The van der Waals surface area contributed by atoms with Crippen LogP contribution in [0.25, 0.3) is 0 Å². The summed E-state index contributed by atoms with van der Waals surface area (Å²) in [4.78, 5) is 25.3. The summed E-state index contributed by atoms with van der Waals surface area (Å²) in [6.45, 7) is 1.84. The van der Waals surface area contributed by atoms with Crippen molar-refractivity contribution in [1.82, 2.24) is 0 Å². The van der Waals surface area contributed by atoms with Gasteiger partial charge in [-0.1, -0.05) is 36.4 Å². The number of hydrogen-bond acceptors (Lipinski definition) is 3. The van der Waals surface area contributed by atoms with Gasteiger partial charge in [-0.3, -0.25) is 9.69 Å². The summed E-state index contributed by atoms with van der Waals surface area (Å²) in [6, 6.07) is 18.0. The molecule has 0 spiro atoms. The van der Waals surface area contributed by atoms with Crippen LogP contribution < -0.4 is 4.90 Å². The minimum Gasteiger partial charge on any atom is -0.459 e. The lowest BCUT2D eigenvalue weighted by Gasteiger charge is -2.21. The Balaban J connectivity index is 2.40. The van der Waals surface area contributed by atoms with Gasteiger partial charge >= 0.3 is 11.9 Å². The molecule has 20 heavy (non-hydrogen) atoms. The van der Waals surface area contributed by atoms with Crippen LogP contribution in [0.15, 0.2) is 60.7 Å². The van der Waals surface area contributed by atoms with Gasteiger partial charge in [0.15, 0.2) is 0 Å². The Morgan fingerprint density at radius 1 is 0.900 bits per heavy atom. The molecule has 0 aliphatic heterocycles. The van der Waals surface area contributed by atoms with Crippen molar-refractivity contribution < 1.29 is 14.3 Å². The molecule has 4 nitrogen and oxygen atoms in total. The molecule has 0 aromatic heterocycles. The first kappa shape index (κ1) is 13.8. The topological polar surface area (TPSA) is 46.6 Å². The third-order valence-corrected chi connectivity index (χ3v) is 2.68. The molecule has 2 aromatic rings. The van der Waals surface area contributed by atoms with Crippen molar-refractivity contribution in [3.05, 3.63) is 60.7 Å². The van der Waals surface area contributed by atoms with Crippen molar-refractivity contribution in [1.29, 1.82) is 0 Å². The van der Waals surface area contributed by atoms with Crippen molar-refractivity contribution >= 4 is 23.3 Å². The highest BCUT2D eigenvalue weighted by molar-refractivity contribution is 6.39. The lowest BCUT2D eigenvalue weighted by atomic mass is 10.2. The Morgan fingerprint density at radius 2 is 1.35 bits per heavy atom. The maximum absolute atomic E-state index is 12.3. The number of carbonyl (C=O) groups excluding carboxylic acids is 2. The summed E-state index contributed by atoms with van der Waals surface area (Å²) in [6.07, 6.45) is 0. The van der Waals surface area contributed by atoms with E-state index in [9.17, 15) is 9.59 Å². The normalized spacial score (nSPS) is 9.85. The van der Waals surface area contributed by atoms with E-state index in [1.807, 2.05) is 36.4 Å². The van der Waals surface area contributed by atoms with Gasteiger partial charge in [-0.05, 0) is 31.2 Å². The smallest absolute Gasteiger partial charge is 0.397 e. The van der Waals surface area contributed by atoms with Crippen LogP contribution in [-0.2, 0) is 14.3 Å². The first-order valence-electron chi connectivity index (χ1n) is 6.35. The molecule has 0 unspecified atom stereocenters. The third kappa shape index (κ3) is 3.03. The Bertz CT molecular complexity index is 542. The van der Waals surface area contributed by atoms with Gasteiger partial charge in [0.05, 0.1) is 6.61 Å². The molecule has 1 amide bonds. The standard InChI is InChI=1S/C16H15NO3/c1-2-20-16(19)15(18)17(13-9-5-3-6-10-13)14-11-7-4-8-12-14/h3-12H,2H2,1H3. The average Bonchev–Trinajstić information content (AvgIpc) is 2.50. The third-order valence-electron chi connectivity index (χ3n) is 2.68. The molecule has 0 heterocycles. The van der Waals surface area contributed by atoms with E-state index in [4.69, 9.17) is 4.74 Å². The van der Waals surface area contributed by atoms with E-state index in [1.165, 1.54) is 4.90 Å². The number of hydrogen-bond donors (Lipinski definition) is 0. The summed E-state index contributed by atoms with van der Waals surface area (Å²) >= 11 is 0. The average molecular weight is 269 g/mol. The Morgan fingerprint density at radius 3 is 1.75 bits per heavy atom. The number of carbonyl (C=O) groups is 2. The number of rotatable bonds is 3. The molecule has 4 heteroatoms. The predicted molar refractivity (Wildman–Crippen MR) is 76.7 cm³/mol. The first-order chi connectivity index (χ1) is 9.74. The molecule has 0 saturated heterocycles. The molecule has 0 saturated carbocycles. The van der Waals surface area contributed by atoms with Crippen molar-refractivity contribution in [2.24, 2.45) is 0 Å². The summed E-state index contributed by atoms with van der Waals surface area (Å²) in [7, 11) is 0. The molecule has 0 radical (unpaired) electrons. The van der Waals surface area contributed by atoms with Crippen LogP contribution in [0, 0.1) is 0 Å². The lowest BCUT2D eigenvalue weighted by Crippen LogP contribution is -2.34. The second-order valence-electron chi connectivity index (χ2n) is 4.03. The first-order valence-corrected chi connectivity index (χ1v) is 6.35. The van der Waals surface area contributed by atoms with E-state index in [0.29, 0.717) is 11.4 Å². The number of nitrogens with zero attached hydrogens (tertiary/aromatic N) is 1. The molecule has 2 aromatic carbocycles. The summed E-state index contributed by atoms with van der Waals surface area (Å²) in [5.41, 5.74) is 1.24. The van der Waals surface area contributed by atoms with Gasteiger partial charge in [-0.15, -0.1) is 0 Å². The zero-order valence-corrected chi connectivity index (χ0v) is 11.2. The highest BCUT2D eigenvalue weighted by Gasteiger charge is 2.25. The maximum Gasteiger partial charge on any atom is 0.397 e. The fraction of sp³-hybridized carbons (Fsp3) is 0.125. The Labute approximate surface area is 117 Å². The number of ether oxygens (including phenoxy) is 1. The Kier molecular flexibility index (Phi) is 4.50. The van der Waals surface area contributed by atoms with E-state index in [0.717, 1.165) is 0 Å². The van der Waals surface area contributed by atoms with Crippen molar-refractivity contribution in [2.45, 2.75) is 6.92 Å². The summed E-state index contributed by atoms with van der Waals surface area (Å²) in [5, 5.41) is 0. The zero-order chi connectivity index (χ0) is 14.4.